The van der Waals surface area contributed by atoms with Gasteiger partial charge in [-0.3, -0.25) is 0 Å². The first kappa shape index (κ1) is 13.0. The van der Waals surface area contributed by atoms with Crippen molar-refractivity contribution in [2.45, 2.75) is 25.6 Å². The highest BCUT2D eigenvalue weighted by atomic mass is 127. The van der Waals surface area contributed by atoms with Crippen LogP contribution in [0.4, 0.5) is 0 Å². The Kier molecular flexibility index (Phi) is 4.16. The molecular weight excluding hydrogens is 333 g/mol. The molecule has 17 heavy (non-hydrogen) atoms. The average molecular weight is 349 g/mol. The Hall–Kier alpha value is -0.470. The molecule has 1 aromatic heterocycles. The number of hydrogen-bond acceptors (Lipinski definition) is 5. The van der Waals surface area contributed by atoms with Crippen molar-refractivity contribution >= 4 is 22.6 Å². The summed E-state index contributed by atoms with van der Waals surface area (Å²) in [6.07, 6.45) is 3.28. The molecule has 1 aromatic rings. The van der Waals surface area contributed by atoms with Crippen LogP contribution in [0, 0.1) is 3.57 Å². The van der Waals surface area contributed by atoms with Gasteiger partial charge >= 0.3 is 0 Å². The van der Waals surface area contributed by atoms with Crippen LogP contribution in [0.3, 0.4) is 0 Å². The molecule has 0 bridgehead atoms. The van der Waals surface area contributed by atoms with Crippen LogP contribution in [0.5, 0.6) is 5.88 Å². The van der Waals surface area contributed by atoms with Gasteiger partial charge in [0.15, 0.2) is 0 Å². The molecule has 0 radical (unpaired) electrons. The summed E-state index contributed by atoms with van der Waals surface area (Å²) in [4.78, 5) is 8.00. The highest BCUT2D eigenvalue weighted by molar-refractivity contribution is 14.1. The number of hydrogen-bond donors (Lipinski definition) is 1. The molecule has 5 nitrogen and oxygen atoms in total. The molecule has 0 aliphatic carbocycles. The average Bonchev–Trinajstić information content (AvgIpc) is 2.27. The van der Waals surface area contributed by atoms with E-state index in [2.05, 4.69) is 51.7 Å². The molecule has 1 N–H and O–H groups in total. The van der Waals surface area contributed by atoms with Crippen molar-refractivity contribution in [1.29, 1.82) is 0 Å². The quantitative estimate of drug-likeness (QED) is 0.832. The largest absolute Gasteiger partial charge is 0.474 e. The van der Waals surface area contributed by atoms with Gasteiger partial charge in [-0.05, 0) is 36.4 Å². The van der Waals surface area contributed by atoms with Crippen molar-refractivity contribution in [3.63, 3.8) is 0 Å². The molecule has 6 heteroatoms. The number of morpholine rings is 1. The van der Waals surface area contributed by atoms with Gasteiger partial charge in [-0.1, -0.05) is 0 Å². The number of halogens is 1. The van der Waals surface area contributed by atoms with Crippen LogP contribution in [0.2, 0.25) is 0 Å². The van der Waals surface area contributed by atoms with Gasteiger partial charge in [0, 0.05) is 19.3 Å². The third kappa shape index (κ3) is 3.75. The fourth-order valence-corrected chi connectivity index (χ4v) is 2.20. The van der Waals surface area contributed by atoms with Gasteiger partial charge in [0.1, 0.15) is 19.0 Å². The SMILES string of the molecule is CC1(C)CNCC(COc2ncncc2I)O1. The summed E-state index contributed by atoms with van der Waals surface area (Å²) in [5.41, 5.74) is -0.134. The lowest BCUT2D eigenvalue weighted by atomic mass is 10.1. The summed E-state index contributed by atoms with van der Waals surface area (Å²) in [6, 6.07) is 0. The molecule has 94 valence electrons. The van der Waals surface area contributed by atoms with Gasteiger partial charge < -0.3 is 14.8 Å². The molecular formula is C11H16IN3O2. The highest BCUT2D eigenvalue weighted by Crippen LogP contribution is 2.18. The summed E-state index contributed by atoms with van der Waals surface area (Å²) < 4.78 is 12.5. The van der Waals surface area contributed by atoms with Gasteiger partial charge in [-0.15, -0.1) is 0 Å². The van der Waals surface area contributed by atoms with Crippen molar-refractivity contribution in [3.05, 3.63) is 16.1 Å². The maximum atomic E-state index is 5.90. The summed E-state index contributed by atoms with van der Waals surface area (Å²) in [7, 11) is 0. The monoisotopic (exact) mass is 349 g/mol. The van der Waals surface area contributed by atoms with Gasteiger partial charge in [0.05, 0.1) is 9.17 Å². The molecule has 1 unspecified atom stereocenters. The third-order valence-electron chi connectivity index (χ3n) is 2.45. The summed E-state index contributed by atoms with van der Waals surface area (Å²) in [5, 5.41) is 3.34. The number of rotatable bonds is 3. The Morgan fingerprint density at radius 2 is 2.47 bits per heavy atom. The van der Waals surface area contributed by atoms with Crippen molar-refractivity contribution < 1.29 is 9.47 Å². The van der Waals surface area contributed by atoms with E-state index >= 15 is 0 Å². The molecule has 1 fully saturated rings. The molecule has 1 aliphatic heterocycles. The predicted molar refractivity (Wildman–Crippen MR) is 72.1 cm³/mol. The Balaban J connectivity index is 1.88. The fourth-order valence-electron chi connectivity index (χ4n) is 1.74. The first-order valence-corrected chi connectivity index (χ1v) is 6.61. The zero-order valence-corrected chi connectivity index (χ0v) is 12.1. The topological polar surface area (TPSA) is 56.3 Å². The van der Waals surface area contributed by atoms with E-state index in [0.29, 0.717) is 12.5 Å². The van der Waals surface area contributed by atoms with Crippen LogP contribution in [0.25, 0.3) is 0 Å². The molecule has 1 aliphatic rings. The maximum Gasteiger partial charge on any atom is 0.230 e. The van der Waals surface area contributed by atoms with Crippen LogP contribution < -0.4 is 10.1 Å². The van der Waals surface area contributed by atoms with Crippen molar-refractivity contribution in [2.75, 3.05) is 19.7 Å². The van der Waals surface area contributed by atoms with E-state index in [-0.39, 0.29) is 11.7 Å². The van der Waals surface area contributed by atoms with E-state index < -0.39 is 0 Å². The van der Waals surface area contributed by atoms with E-state index in [1.54, 1.807) is 6.20 Å². The summed E-state index contributed by atoms with van der Waals surface area (Å²) in [5.74, 6) is 0.618. The smallest absolute Gasteiger partial charge is 0.230 e. The van der Waals surface area contributed by atoms with Gasteiger partial charge in [-0.2, -0.15) is 0 Å². The lowest BCUT2D eigenvalue weighted by Crippen LogP contribution is -2.52. The first-order chi connectivity index (χ1) is 8.07. The van der Waals surface area contributed by atoms with Crippen molar-refractivity contribution in [3.8, 4) is 5.88 Å². The van der Waals surface area contributed by atoms with Crippen LogP contribution in [-0.4, -0.2) is 41.4 Å². The second-order valence-corrected chi connectivity index (χ2v) is 5.78. The molecule has 0 aromatic carbocycles. The van der Waals surface area contributed by atoms with Crippen LogP contribution in [-0.2, 0) is 4.74 Å². The molecule has 2 rings (SSSR count). The van der Waals surface area contributed by atoms with E-state index in [1.807, 2.05) is 0 Å². The van der Waals surface area contributed by atoms with Crippen LogP contribution >= 0.6 is 22.6 Å². The summed E-state index contributed by atoms with van der Waals surface area (Å²) in [6.45, 7) is 6.32. The lowest BCUT2D eigenvalue weighted by molar-refractivity contribution is -0.107. The molecule has 1 saturated heterocycles. The molecule has 0 amide bonds. The summed E-state index contributed by atoms with van der Waals surface area (Å²) >= 11 is 2.16. The minimum Gasteiger partial charge on any atom is -0.474 e. The van der Waals surface area contributed by atoms with Crippen molar-refractivity contribution in [1.82, 2.24) is 15.3 Å². The third-order valence-corrected chi connectivity index (χ3v) is 3.19. The van der Waals surface area contributed by atoms with E-state index in [1.165, 1.54) is 6.33 Å². The number of aromatic nitrogens is 2. The minimum absolute atomic E-state index is 0.0597. The normalized spacial score (nSPS) is 23.4. The zero-order chi connectivity index (χ0) is 12.3. The van der Waals surface area contributed by atoms with E-state index in [9.17, 15) is 0 Å². The Bertz CT molecular complexity index is 387. The van der Waals surface area contributed by atoms with E-state index in [0.717, 1.165) is 16.7 Å². The first-order valence-electron chi connectivity index (χ1n) is 5.54. The Morgan fingerprint density at radius 3 is 3.18 bits per heavy atom. The Labute approximate surface area is 114 Å². The van der Waals surface area contributed by atoms with Gasteiger partial charge in [0.2, 0.25) is 5.88 Å². The van der Waals surface area contributed by atoms with Crippen LogP contribution in [0.15, 0.2) is 12.5 Å². The number of ether oxygens (including phenoxy) is 2. The second-order valence-electron chi connectivity index (χ2n) is 4.62. The zero-order valence-electron chi connectivity index (χ0n) is 9.94. The van der Waals surface area contributed by atoms with Crippen LogP contribution in [0.1, 0.15) is 13.8 Å². The number of nitrogens with zero attached hydrogens (tertiary/aromatic N) is 2. The van der Waals surface area contributed by atoms with E-state index in [4.69, 9.17) is 9.47 Å². The maximum absolute atomic E-state index is 5.90. The Morgan fingerprint density at radius 1 is 1.65 bits per heavy atom. The van der Waals surface area contributed by atoms with Crippen molar-refractivity contribution in [2.24, 2.45) is 0 Å². The van der Waals surface area contributed by atoms with Gasteiger partial charge in [0.25, 0.3) is 0 Å². The fraction of sp³-hybridized carbons (Fsp3) is 0.636. The molecule has 0 saturated carbocycles. The predicted octanol–water partition coefficient (Wildman–Crippen LogP) is 1.23. The standard InChI is InChI=1S/C11H16IN3O2/c1-11(2)6-13-3-8(17-11)5-16-10-9(12)4-14-7-15-10/h4,7-8,13H,3,5-6H2,1-2H3. The second kappa shape index (κ2) is 5.45. The molecule has 0 spiro atoms. The number of nitrogens with one attached hydrogen (secondary N) is 1. The molecule has 2 heterocycles. The highest BCUT2D eigenvalue weighted by Gasteiger charge is 2.28. The minimum atomic E-state index is -0.134. The molecule has 1 atom stereocenters. The van der Waals surface area contributed by atoms with Gasteiger partial charge in [-0.25, -0.2) is 9.97 Å². The lowest BCUT2D eigenvalue weighted by Gasteiger charge is -2.36.